The third kappa shape index (κ3) is 1.83. The number of nitrogens with zero attached hydrogens (tertiary/aromatic N) is 1. The molecule has 0 bridgehead atoms. The van der Waals surface area contributed by atoms with Gasteiger partial charge in [-0.1, -0.05) is 37.0 Å². The third-order valence-electron chi connectivity index (χ3n) is 4.91. The Hall–Kier alpha value is -1.02. The number of rotatable bonds is 0. The van der Waals surface area contributed by atoms with Crippen molar-refractivity contribution >= 4 is 5.69 Å². The van der Waals surface area contributed by atoms with E-state index < -0.39 is 0 Å². The monoisotopic (exact) mass is 244 g/mol. The van der Waals surface area contributed by atoms with Crippen molar-refractivity contribution in [2.45, 2.75) is 51.1 Å². The molecule has 98 valence electrons. The molecule has 1 aromatic carbocycles. The molecule has 0 radical (unpaired) electrons. The SMILES string of the molecule is Cc1ccc2c(c1)C(N)C1CCCCCC1N2C. The number of hydrogen-bond acceptors (Lipinski definition) is 2. The van der Waals surface area contributed by atoms with Crippen LogP contribution in [0.3, 0.4) is 0 Å². The number of nitrogens with two attached hydrogens (primary N) is 1. The first kappa shape index (κ1) is 12.0. The minimum Gasteiger partial charge on any atom is -0.371 e. The molecule has 2 aliphatic rings. The Morgan fingerprint density at radius 3 is 2.78 bits per heavy atom. The lowest BCUT2D eigenvalue weighted by atomic mass is 9.79. The molecule has 3 unspecified atom stereocenters. The third-order valence-corrected chi connectivity index (χ3v) is 4.91. The second-order valence-corrected chi connectivity index (χ2v) is 6.07. The zero-order valence-corrected chi connectivity index (χ0v) is 11.5. The normalized spacial score (nSPS) is 31.5. The molecule has 0 saturated heterocycles. The van der Waals surface area contributed by atoms with Crippen LogP contribution >= 0.6 is 0 Å². The summed E-state index contributed by atoms with van der Waals surface area (Å²) in [5, 5.41) is 0. The van der Waals surface area contributed by atoms with Gasteiger partial charge in [0.1, 0.15) is 0 Å². The van der Waals surface area contributed by atoms with E-state index in [1.807, 2.05) is 0 Å². The van der Waals surface area contributed by atoms with Crippen LogP contribution in [0, 0.1) is 12.8 Å². The van der Waals surface area contributed by atoms with Crippen molar-refractivity contribution in [2.24, 2.45) is 11.7 Å². The lowest BCUT2D eigenvalue weighted by molar-refractivity contribution is 0.310. The average Bonchev–Trinajstić information content (AvgIpc) is 2.61. The van der Waals surface area contributed by atoms with Crippen LogP contribution in [0.25, 0.3) is 0 Å². The molecule has 2 N–H and O–H groups in total. The summed E-state index contributed by atoms with van der Waals surface area (Å²) in [7, 11) is 2.25. The van der Waals surface area contributed by atoms with Crippen LogP contribution < -0.4 is 10.6 Å². The lowest BCUT2D eigenvalue weighted by Crippen LogP contribution is -2.46. The number of aryl methyl sites for hydroxylation is 1. The second kappa shape index (κ2) is 4.58. The molecule has 18 heavy (non-hydrogen) atoms. The molecule has 1 aromatic rings. The van der Waals surface area contributed by atoms with Gasteiger partial charge in [0.25, 0.3) is 0 Å². The molecular formula is C16H24N2. The van der Waals surface area contributed by atoms with Crippen LogP contribution in [0.4, 0.5) is 5.69 Å². The maximum Gasteiger partial charge on any atom is 0.0414 e. The molecular weight excluding hydrogens is 220 g/mol. The van der Waals surface area contributed by atoms with Crippen LogP contribution in [0.1, 0.15) is 49.3 Å². The van der Waals surface area contributed by atoms with E-state index in [9.17, 15) is 0 Å². The smallest absolute Gasteiger partial charge is 0.0414 e. The highest BCUT2D eigenvalue weighted by Crippen LogP contribution is 2.44. The Balaban J connectivity index is 2.04. The van der Waals surface area contributed by atoms with Crippen molar-refractivity contribution in [3.63, 3.8) is 0 Å². The second-order valence-electron chi connectivity index (χ2n) is 6.07. The molecule has 2 nitrogen and oxygen atoms in total. The maximum absolute atomic E-state index is 6.57. The van der Waals surface area contributed by atoms with E-state index in [1.165, 1.54) is 48.9 Å². The number of hydrogen-bond donors (Lipinski definition) is 1. The van der Waals surface area contributed by atoms with Crippen molar-refractivity contribution in [3.8, 4) is 0 Å². The van der Waals surface area contributed by atoms with Gasteiger partial charge in [0.05, 0.1) is 0 Å². The zero-order chi connectivity index (χ0) is 12.7. The molecule has 0 aromatic heterocycles. The van der Waals surface area contributed by atoms with E-state index in [1.54, 1.807) is 0 Å². The number of anilines is 1. The first-order chi connectivity index (χ1) is 8.68. The summed E-state index contributed by atoms with van der Waals surface area (Å²) < 4.78 is 0. The Bertz CT molecular complexity index is 441. The fraction of sp³-hybridized carbons (Fsp3) is 0.625. The summed E-state index contributed by atoms with van der Waals surface area (Å²) in [6.07, 6.45) is 6.69. The first-order valence-electron chi connectivity index (χ1n) is 7.27. The fourth-order valence-electron chi connectivity index (χ4n) is 3.89. The molecule has 3 rings (SSSR count). The Morgan fingerprint density at radius 1 is 1.17 bits per heavy atom. The molecule has 0 amide bonds. The van der Waals surface area contributed by atoms with Crippen LogP contribution in [0.5, 0.6) is 0 Å². The van der Waals surface area contributed by atoms with Crippen molar-refractivity contribution in [2.75, 3.05) is 11.9 Å². The average molecular weight is 244 g/mol. The van der Waals surface area contributed by atoms with Crippen LogP contribution in [0.2, 0.25) is 0 Å². The van der Waals surface area contributed by atoms with E-state index in [-0.39, 0.29) is 6.04 Å². The molecule has 0 spiro atoms. The highest BCUT2D eigenvalue weighted by molar-refractivity contribution is 5.59. The number of fused-ring (bicyclic) bond motifs is 2. The Kier molecular flexibility index (Phi) is 3.06. The predicted octanol–water partition coefficient (Wildman–Crippen LogP) is 3.39. The van der Waals surface area contributed by atoms with E-state index in [4.69, 9.17) is 5.73 Å². The van der Waals surface area contributed by atoms with Crippen LogP contribution in [0.15, 0.2) is 18.2 Å². The summed E-state index contributed by atoms with van der Waals surface area (Å²) in [6, 6.07) is 7.64. The zero-order valence-electron chi connectivity index (χ0n) is 11.5. The van der Waals surface area contributed by atoms with Crippen molar-refractivity contribution in [1.29, 1.82) is 0 Å². The topological polar surface area (TPSA) is 29.3 Å². The van der Waals surface area contributed by atoms with Gasteiger partial charge < -0.3 is 10.6 Å². The quantitative estimate of drug-likeness (QED) is 0.758. The van der Waals surface area contributed by atoms with E-state index in [2.05, 4.69) is 37.1 Å². The predicted molar refractivity (Wildman–Crippen MR) is 76.9 cm³/mol. The molecule has 1 aliphatic heterocycles. The van der Waals surface area contributed by atoms with Gasteiger partial charge >= 0.3 is 0 Å². The summed E-state index contributed by atoms with van der Waals surface area (Å²) in [4.78, 5) is 2.49. The van der Waals surface area contributed by atoms with Gasteiger partial charge in [0, 0.05) is 24.8 Å². The maximum atomic E-state index is 6.57. The van der Waals surface area contributed by atoms with Crippen molar-refractivity contribution in [3.05, 3.63) is 29.3 Å². The summed E-state index contributed by atoms with van der Waals surface area (Å²) in [6.45, 7) is 2.16. The van der Waals surface area contributed by atoms with Crippen LogP contribution in [-0.2, 0) is 0 Å². The summed E-state index contributed by atoms with van der Waals surface area (Å²) >= 11 is 0. The van der Waals surface area contributed by atoms with Gasteiger partial charge in [0.15, 0.2) is 0 Å². The molecule has 1 saturated carbocycles. The van der Waals surface area contributed by atoms with Gasteiger partial charge in [-0.15, -0.1) is 0 Å². The van der Waals surface area contributed by atoms with Gasteiger partial charge in [-0.05, 0) is 37.3 Å². The molecule has 1 aliphatic carbocycles. The van der Waals surface area contributed by atoms with Crippen LogP contribution in [-0.4, -0.2) is 13.1 Å². The Labute approximate surface area is 110 Å². The van der Waals surface area contributed by atoms with Gasteiger partial charge in [-0.3, -0.25) is 0 Å². The standard InChI is InChI=1S/C16H24N2/c1-11-8-9-15-13(10-11)16(17)12-6-4-3-5-7-14(12)18(15)2/h8-10,12,14,16H,3-7,17H2,1-2H3. The van der Waals surface area contributed by atoms with Crippen molar-refractivity contribution < 1.29 is 0 Å². The first-order valence-corrected chi connectivity index (χ1v) is 7.27. The fourth-order valence-corrected chi connectivity index (χ4v) is 3.89. The highest BCUT2D eigenvalue weighted by Gasteiger charge is 2.38. The van der Waals surface area contributed by atoms with Gasteiger partial charge in [0.2, 0.25) is 0 Å². The molecule has 3 atom stereocenters. The van der Waals surface area contributed by atoms with Gasteiger partial charge in [-0.25, -0.2) is 0 Å². The summed E-state index contributed by atoms with van der Waals surface area (Å²) in [5.41, 5.74) is 10.6. The van der Waals surface area contributed by atoms with Gasteiger partial charge in [-0.2, -0.15) is 0 Å². The lowest BCUT2D eigenvalue weighted by Gasteiger charge is -2.44. The van der Waals surface area contributed by atoms with E-state index in [0.717, 1.165) is 0 Å². The minimum atomic E-state index is 0.235. The van der Waals surface area contributed by atoms with E-state index >= 15 is 0 Å². The Morgan fingerprint density at radius 2 is 1.94 bits per heavy atom. The minimum absolute atomic E-state index is 0.235. The largest absolute Gasteiger partial charge is 0.371 e. The number of benzene rings is 1. The van der Waals surface area contributed by atoms with Crippen molar-refractivity contribution in [1.82, 2.24) is 0 Å². The van der Waals surface area contributed by atoms with E-state index in [0.29, 0.717) is 12.0 Å². The molecule has 1 heterocycles. The summed E-state index contributed by atoms with van der Waals surface area (Å²) in [5.74, 6) is 0.645. The highest BCUT2D eigenvalue weighted by atomic mass is 15.2. The molecule has 2 heteroatoms. The molecule has 1 fully saturated rings.